The Kier molecular flexibility index (Phi) is 4.00. The van der Waals surface area contributed by atoms with E-state index in [0.29, 0.717) is 11.7 Å². The lowest BCUT2D eigenvalue weighted by molar-refractivity contribution is 0.268. The van der Waals surface area contributed by atoms with E-state index >= 15 is 0 Å². The second-order valence-electron chi connectivity index (χ2n) is 4.84. The van der Waals surface area contributed by atoms with Gasteiger partial charge < -0.3 is 10.3 Å². The number of aryl methyl sites for hydroxylation is 1. The van der Waals surface area contributed by atoms with Crippen LogP contribution in [0.5, 0.6) is 0 Å². The molecule has 102 valence electrons. The van der Waals surface area contributed by atoms with Crippen LogP contribution in [-0.4, -0.2) is 10.1 Å². The van der Waals surface area contributed by atoms with E-state index in [2.05, 4.69) is 29.2 Å². The monoisotopic (exact) mass is 259 g/mol. The molecule has 2 aromatic rings. The summed E-state index contributed by atoms with van der Waals surface area (Å²) in [5.41, 5.74) is 7.99. The second kappa shape index (κ2) is 5.53. The average Bonchev–Trinajstić information content (AvgIpc) is 2.97. The molecule has 0 atom stereocenters. The van der Waals surface area contributed by atoms with Crippen LogP contribution in [0.2, 0.25) is 0 Å². The lowest BCUT2D eigenvalue weighted by Gasteiger charge is -2.20. The molecular weight excluding hydrogens is 238 g/mol. The molecule has 1 aromatic carbocycles. The lowest BCUT2D eigenvalue weighted by atomic mass is 9.94. The molecule has 0 fully saturated rings. The van der Waals surface area contributed by atoms with Crippen molar-refractivity contribution >= 4 is 0 Å². The van der Waals surface area contributed by atoms with Gasteiger partial charge in [-0.05, 0) is 24.8 Å². The largest absolute Gasteiger partial charge is 0.337 e. The zero-order valence-corrected chi connectivity index (χ0v) is 11.8. The molecule has 0 amide bonds. The number of benzene rings is 1. The number of aromatic nitrogens is 2. The normalized spacial score (nSPS) is 11.8. The number of rotatable bonds is 5. The molecule has 0 unspecified atom stereocenters. The highest BCUT2D eigenvalue weighted by molar-refractivity contribution is 5.54. The van der Waals surface area contributed by atoms with E-state index in [0.717, 1.165) is 24.8 Å². The maximum Gasteiger partial charge on any atom is 0.247 e. The van der Waals surface area contributed by atoms with Crippen LogP contribution in [0.1, 0.15) is 45.1 Å². The fourth-order valence-electron chi connectivity index (χ4n) is 1.98. The van der Waals surface area contributed by atoms with E-state index < -0.39 is 5.54 Å². The van der Waals surface area contributed by atoms with Gasteiger partial charge in [-0.3, -0.25) is 0 Å². The summed E-state index contributed by atoms with van der Waals surface area (Å²) in [4.78, 5) is 4.45. The summed E-state index contributed by atoms with van der Waals surface area (Å²) >= 11 is 0. The Labute approximate surface area is 114 Å². The molecule has 0 aliphatic carbocycles. The van der Waals surface area contributed by atoms with Crippen molar-refractivity contribution in [1.82, 2.24) is 10.1 Å². The van der Waals surface area contributed by atoms with Crippen molar-refractivity contribution in [1.29, 1.82) is 0 Å². The SMILES string of the molecule is CCc1ccc(-c2noc(C(N)(CC)CC)n2)cc1. The third-order valence-corrected chi connectivity index (χ3v) is 3.73. The highest BCUT2D eigenvalue weighted by atomic mass is 16.5. The first-order valence-electron chi connectivity index (χ1n) is 6.85. The molecule has 2 rings (SSSR count). The first-order chi connectivity index (χ1) is 9.12. The number of hydrogen-bond donors (Lipinski definition) is 1. The Morgan fingerprint density at radius 3 is 2.26 bits per heavy atom. The molecule has 1 heterocycles. The number of hydrogen-bond acceptors (Lipinski definition) is 4. The summed E-state index contributed by atoms with van der Waals surface area (Å²) in [5.74, 6) is 1.13. The minimum Gasteiger partial charge on any atom is -0.337 e. The molecule has 2 N–H and O–H groups in total. The van der Waals surface area contributed by atoms with Crippen molar-refractivity contribution in [2.24, 2.45) is 5.73 Å². The summed E-state index contributed by atoms with van der Waals surface area (Å²) in [5, 5.41) is 4.04. The van der Waals surface area contributed by atoms with Gasteiger partial charge in [0.2, 0.25) is 11.7 Å². The van der Waals surface area contributed by atoms with Crippen molar-refractivity contribution < 1.29 is 4.52 Å². The smallest absolute Gasteiger partial charge is 0.247 e. The topological polar surface area (TPSA) is 64.9 Å². The first-order valence-corrected chi connectivity index (χ1v) is 6.85. The van der Waals surface area contributed by atoms with Gasteiger partial charge in [0, 0.05) is 5.56 Å². The van der Waals surface area contributed by atoms with E-state index in [4.69, 9.17) is 10.3 Å². The molecule has 0 spiro atoms. The van der Waals surface area contributed by atoms with Crippen molar-refractivity contribution in [3.63, 3.8) is 0 Å². The van der Waals surface area contributed by atoms with Gasteiger partial charge in [-0.1, -0.05) is 50.2 Å². The third-order valence-electron chi connectivity index (χ3n) is 3.73. The second-order valence-corrected chi connectivity index (χ2v) is 4.84. The summed E-state index contributed by atoms with van der Waals surface area (Å²) in [6.45, 7) is 6.19. The standard InChI is InChI=1S/C15H21N3O/c1-4-11-7-9-12(10-8-11)13-17-14(19-18-13)15(16,5-2)6-3/h7-10H,4-6,16H2,1-3H3. The van der Waals surface area contributed by atoms with Gasteiger partial charge in [-0.2, -0.15) is 4.98 Å². The molecule has 0 aliphatic rings. The Bertz CT molecular complexity index is 527. The summed E-state index contributed by atoms with van der Waals surface area (Å²) in [6.07, 6.45) is 2.58. The maximum absolute atomic E-state index is 6.26. The predicted octanol–water partition coefficient (Wildman–Crippen LogP) is 3.27. The molecule has 4 heteroatoms. The van der Waals surface area contributed by atoms with E-state index in [1.165, 1.54) is 5.56 Å². The van der Waals surface area contributed by atoms with Gasteiger partial charge in [0.1, 0.15) is 0 Å². The molecule has 1 aromatic heterocycles. The molecule has 0 aliphatic heterocycles. The predicted molar refractivity (Wildman–Crippen MR) is 75.6 cm³/mol. The van der Waals surface area contributed by atoms with Gasteiger partial charge in [0.25, 0.3) is 0 Å². The summed E-state index contributed by atoms with van der Waals surface area (Å²) < 4.78 is 5.34. The van der Waals surface area contributed by atoms with Crippen LogP contribution in [0.4, 0.5) is 0 Å². The Balaban J connectivity index is 2.29. The summed E-state index contributed by atoms with van der Waals surface area (Å²) in [7, 11) is 0. The molecule has 0 saturated carbocycles. The molecular formula is C15H21N3O. The third kappa shape index (κ3) is 2.68. The van der Waals surface area contributed by atoms with E-state index in [1.54, 1.807) is 0 Å². The highest BCUT2D eigenvalue weighted by Crippen LogP contribution is 2.26. The molecule has 0 bridgehead atoms. The number of nitrogens with zero attached hydrogens (tertiary/aromatic N) is 2. The Morgan fingerprint density at radius 2 is 1.74 bits per heavy atom. The van der Waals surface area contributed by atoms with Gasteiger partial charge in [0.15, 0.2) is 0 Å². The average molecular weight is 259 g/mol. The molecule has 19 heavy (non-hydrogen) atoms. The number of nitrogens with two attached hydrogens (primary N) is 1. The Hall–Kier alpha value is -1.68. The maximum atomic E-state index is 6.26. The van der Waals surface area contributed by atoms with Crippen molar-refractivity contribution in [2.75, 3.05) is 0 Å². The fraction of sp³-hybridized carbons (Fsp3) is 0.467. The van der Waals surface area contributed by atoms with Crippen LogP contribution in [-0.2, 0) is 12.0 Å². The Morgan fingerprint density at radius 1 is 1.11 bits per heavy atom. The highest BCUT2D eigenvalue weighted by Gasteiger charge is 2.30. The fourth-order valence-corrected chi connectivity index (χ4v) is 1.98. The zero-order valence-electron chi connectivity index (χ0n) is 11.8. The van der Waals surface area contributed by atoms with E-state index in [-0.39, 0.29) is 0 Å². The van der Waals surface area contributed by atoms with Crippen molar-refractivity contribution in [3.8, 4) is 11.4 Å². The van der Waals surface area contributed by atoms with Crippen LogP contribution in [0.3, 0.4) is 0 Å². The summed E-state index contributed by atoms with van der Waals surface area (Å²) in [6, 6.07) is 8.20. The van der Waals surface area contributed by atoms with Crippen LogP contribution < -0.4 is 5.73 Å². The van der Waals surface area contributed by atoms with Crippen LogP contribution >= 0.6 is 0 Å². The quantitative estimate of drug-likeness (QED) is 0.895. The van der Waals surface area contributed by atoms with Crippen LogP contribution in [0.15, 0.2) is 28.8 Å². The van der Waals surface area contributed by atoms with Gasteiger partial charge in [-0.25, -0.2) is 0 Å². The van der Waals surface area contributed by atoms with E-state index in [1.807, 2.05) is 26.0 Å². The lowest BCUT2D eigenvalue weighted by Crippen LogP contribution is -2.35. The molecule has 0 radical (unpaired) electrons. The van der Waals surface area contributed by atoms with Gasteiger partial charge >= 0.3 is 0 Å². The van der Waals surface area contributed by atoms with E-state index in [9.17, 15) is 0 Å². The minimum absolute atomic E-state index is 0.519. The van der Waals surface area contributed by atoms with Crippen molar-refractivity contribution in [3.05, 3.63) is 35.7 Å². The first kappa shape index (κ1) is 13.7. The van der Waals surface area contributed by atoms with Crippen LogP contribution in [0, 0.1) is 0 Å². The molecule has 0 saturated heterocycles. The van der Waals surface area contributed by atoms with Crippen molar-refractivity contribution in [2.45, 2.75) is 45.6 Å². The van der Waals surface area contributed by atoms with Gasteiger partial charge in [-0.15, -0.1) is 0 Å². The van der Waals surface area contributed by atoms with Gasteiger partial charge in [0.05, 0.1) is 5.54 Å². The zero-order chi connectivity index (χ0) is 13.9. The molecule has 4 nitrogen and oxygen atoms in total. The van der Waals surface area contributed by atoms with Crippen LogP contribution in [0.25, 0.3) is 11.4 Å². The minimum atomic E-state index is -0.519.